The summed E-state index contributed by atoms with van der Waals surface area (Å²) in [4.78, 5) is 11.5. The second kappa shape index (κ2) is 4.80. The summed E-state index contributed by atoms with van der Waals surface area (Å²) in [5.41, 5.74) is 1.33. The molecule has 0 amide bonds. The lowest BCUT2D eigenvalue weighted by molar-refractivity contribution is -0.133. The van der Waals surface area contributed by atoms with Crippen LogP contribution in [0.5, 0.6) is 0 Å². The van der Waals surface area contributed by atoms with Crippen molar-refractivity contribution in [2.45, 2.75) is 39.0 Å². The van der Waals surface area contributed by atoms with Crippen LogP contribution in [0.2, 0.25) is 0 Å². The van der Waals surface area contributed by atoms with Crippen molar-refractivity contribution in [3.05, 3.63) is 46.8 Å². The van der Waals surface area contributed by atoms with Gasteiger partial charge in [-0.1, -0.05) is 32.1 Å². The minimum absolute atomic E-state index is 0.253. The lowest BCUT2D eigenvalue weighted by Gasteiger charge is -2.37. The van der Waals surface area contributed by atoms with Crippen molar-refractivity contribution in [1.82, 2.24) is 0 Å². The van der Waals surface area contributed by atoms with Crippen molar-refractivity contribution in [2.75, 3.05) is 0 Å². The Morgan fingerprint density at radius 2 is 2.16 bits per heavy atom. The molecule has 1 aliphatic rings. The van der Waals surface area contributed by atoms with E-state index in [1.54, 1.807) is 19.1 Å². The summed E-state index contributed by atoms with van der Waals surface area (Å²) >= 11 is 0. The van der Waals surface area contributed by atoms with Crippen LogP contribution in [-0.4, -0.2) is 11.1 Å². The quantitative estimate of drug-likeness (QED) is 0.879. The average Bonchev–Trinajstić information content (AvgIpc) is 2.31. The van der Waals surface area contributed by atoms with Gasteiger partial charge in [0, 0.05) is 11.0 Å². The Hall–Kier alpha value is -1.64. The number of carboxylic acids is 1. The minimum atomic E-state index is -0.878. The Balaban J connectivity index is 2.54. The van der Waals surface area contributed by atoms with Gasteiger partial charge < -0.3 is 5.11 Å². The zero-order chi connectivity index (χ0) is 14.2. The fraction of sp³-hybridized carbons (Fsp3) is 0.438. The normalized spacial score (nSPS) is 26.9. The lowest BCUT2D eigenvalue weighted by Crippen LogP contribution is -2.34. The number of halogens is 1. The van der Waals surface area contributed by atoms with Gasteiger partial charge in [-0.25, -0.2) is 9.18 Å². The molecule has 1 N–H and O–H groups in total. The Bertz CT molecular complexity index is 548. The van der Waals surface area contributed by atoms with Gasteiger partial charge in [0.05, 0.1) is 0 Å². The van der Waals surface area contributed by atoms with E-state index in [0.29, 0.717) is 17.1 Å². The number of hydrogen-bond donors (Lipinski definition) is 1. The van der Waals surface area contributed by atoms with E-state index in [0.717, 1.165) is 18.4 Å². The maximum Gasteiger partial charge on any atom is 0.332 e. The Morgan fingerprint density at radius 3 is 2.74 bits per heavy atom. The maximum atomic E-state index is 13.4. The molecule has 1 aromatic carbocycles. The molecule has 0 aliphatic heterocycles. The molecule has 0 bridgehead atoms. The van der Waals surface area contributed by atoms with Gasteiger partial charge in [0.25, 0.3) is 0 Å². The van der Waals surface area contributed by atoms with Crippen LogP contribution in [-0.2, 0) is 10.2 Å². The van der Waals surface area contributed by atoms with Crippen molar-refractivity contribution in [2.24, 2.45) is 5.92 Å². The molecule has 3 heteroatoms. The number of aliphatic carboxylic acids is 1. The molecule has 1 aliphatic carbocycles. The Kier molecular flexibility index (Phi) is 3.48. The summed E-state index contributed by atoms with van der Waals surface area (Å²) < 4.78 is 13.4. The van der Waals surface area contributed by atoms with E-state index in [1.807, 2.05) is 13.0 Å². The fourth-order valence-corrected chi connectivity index (χ4v) is 3.02. The van der Waals surface area contributed by atoms with Crippen LogP contribution in [0.15, 0.2) is 29.8 Å². The van der Waals surface area contributed by atoms with Gasteiger partial charge in [-0.2, -0.15) is 0 Å². The van der Waals surface area contributed by atoms with Gasteiger partial charge >= 0.3 is 5.97 Å². The molecule has 0 radical (unpaired) electrons. The monoisotopic (exact) mass is 262 g/mol. The molecule has 2 unspecified atom stereocenters. The summed E-state index contributed by atoms with van der Waals surface area (Å²) in [6.45, 7) is 5.76. The first-order valence-electron chi connectivity index (χ1n) is 6.55. The molecule has 0 fully saturated rings. The van der Waals surface area contributed by atoms with Crippen LogP contribution >= 0.6 is 0 Å². The van der Waals surface area contributed by atoms with Crippen molar-refractivity contribution in [1.29, 1.82) is 0 Å². The predicted molar refractivity (Wildman–Crippen MR) is 72.6 cm³/mol. The molecule has 1 aromatic rings. The van der Waals surface area contributed by atoms with E-state index in [4.69, 9.17) is 0 Å². The number of allylic oxidation sites excluding steroid dienone is 1. The summed E-state index contributed by atoms with van der Waals surface area (Å²) in [6.07, 6.45) is 3.38. The molecule has 2 nitrogen and oxygen atoms in total. The van der Waals surface area contributed by atoms with Crippen LogP contribution in [0.25, 0.3) is 0 Å². The maximum absolute atomic E-state index is 13.4. The van der Waals surface area contributed by atoms with Gasteiger partial charge in [-0.3, -0.25) is 0 Å². The van der Waals surface area contributed by atoms with Crippen LogP contribution in [0.4, 0.5) is 4.39 Å². The predicted octanol–water partition coefficient (Wildman–Crippen LogP) is 3.83. The van der Waals surface area contributed by atoms with E-state index >= 15 is 0 Å². The number of hydrogen-bond acceptors (Lipinski definition) is 1. The highest BCUT2D eigenvalue weighted by molar-refractivity contribution is 5.90. The van der Waals surface area contributed by atoms with E-state index in [-0.39, 0.29) is 5.82 Å². The molecule has 0 heterocycles. The largest absolute Gasteiger partial charge is 0.478 e. The van der Waals surface area contributed by atoms with E-state index < -0.39 is 11.4 Å². The van der Waals surface area contributed by atoms with Crippen LogP contribution in [0, 0.1) is 18.7 Å². The van der Waals surface area contributed by atoms with E-state index in [1.165, 1.54) is 6.07 Å². The van der Waals surface area contributed by atoms with Gasteiger partial charge in [0.2, 0.25) is 0 Å². The third-order valence-electron chi connectivity index (χ3n) is 4.10. The highest BCUT2D eigenvalue weighted by atomic mass is 19.1. The Morgan fingerprint density at radius 1 is 1.47 bits per heavy atom. The second-order valence-corrected chi connectivity index (χ2v) is 5.76. The zero-order valence-corrected chi connectivity index (χ0v) is 11.5. The molecule has 2 atom stereocenters. The number of carboxylic acid groups (broad SMARTS) is 1. The van der Waals surface area contributed by atoms with Crippen molar-refractivity contribution in [3.8, 4) is 0 Å². The molecule has 19 heavy (non-hydrogen) atoms. The molecule has 0 spiro atoms. The lowest BCUT2D eigenvalue weighted by atomic mass is 9.66. The number of benzene rings is 1. The molecular formula is C16H19FO2. The van der Waals surface area contributed by atoms with Crippen LogP contribution in [0.3, 0.4) is 0 Å². The summed E-state index contributed by atoms with van der Waals surface area (Å²) in [6, 6.07) is 4.90. The summed E-state index contributed by atoms with van der Waals surface area (Å²) in [7, 11) is 0. The smallest absolute Gasteiger partial charge is 0.332 e. The first-order valence-corrected chi connectivity index (χ1v) is 6.55. The van der Waals surface area contributed by atoms with Crippen LogP contribution in [0.1, 0.15) is 37.8 Å². The van der Waals surface area contributed by atoms with Gasteiger partial charge in [0.15, 0.2) is 0 Å². The number of rotatable bonds is 2. The van der Waals surface area contributed by atoms with E-state index in [9.17, 15) is 14.3 Å². The minimum Gasteiger partial charge on any atom is -0.478 e. The fourth-order valence-electron chi connectivity index (χ4n) is 3.02. The molecule has 0 aromatic heterocycles. The molecule has 0 saturated heterocycles. The number of aryl methyl sites for hydroxylation is 1. The van der Waals surface area contributed by atoms with Gasteiger partial charge in [-0.05, 0) is 42.9 Å². The topological polar surface area (TPSA) is 37.3 Å². The summed E-state index contributed by atoms with van der Waals surface area (Å²) in [5.74, 6) is -0.702. The highest BCUT2D eigenvalue weighted by Crippen LogP contribution is 2.43. The summed E-state index contributed by atoms with van der Waals surface area (Å²) in [5, 5.41) is 9.40. The molecule has 2 rings (SSSR count). The van der Waals surface area contributed by atoms with Crippen molar-refractivity contribution < 1.29 is 14.3 Å². The van der Waals surface area contributed by atoms with Gasteiger partial charge in [-0.15, -0.1) is 0 Å². The number of carbonyl (C=O) groups is 1. The first-order chi connectivity index (χ1) is 8.84. The van der Waals surface area contributed by atoms with Crippen molar-refractivity contribution >= 4 is 5.97 Å². The average molecular weight is 262 g/mol. The van der Waals surface area contributed by atoms with E-state index in [2.05, 4.69) is 6.92 Å². The molecular weight excluding hydrogens is 243 g/mol. The Labute approximate surface area is 113 Å². The third kappa shape index (κ3) is 2.42. The second-order valence-electron chi connectivity index (χ2n) is 5.76. The third-order valence-corrected chi connectivity index (χ3v) is 4.10. The van der Waals surface area contributed by atoms with Crippen LogP contribution < -0.4 is 0 Å². The molecule has 0 saturated carbocycles. The standard InChI is InChI=1S/C16H19FO2/c1-10-4-6-13(15(18)19)16(3,9-10)12-5-7-14(17)11(2)8-12/h5-8,10H,4,9H2,1-3H3,(H,18,19). The molecule has 102 valence electrons. The zero-order valence-electron chi connectivity index (χ0n) is 11.5. The highest BCUT2D eigenvalue weighted by Gasteiger charge is 2.39. The first kappa shape index (κ1) is 13.8. The van der Waals surface area contributed by atoms with Gasteiger partial charge in [0.1, 0.15) is 5.82 Å². The SMILES string of the molecule is Cc1cc(C2(C)CC(C)CC=C2C(=O)O)ccc1F. The van der Waals surface area contributed by atoms with Crippen molar-refractivity contribution in [3.63, 3.8) is 0 Å².